The molecule has 0 unspecified atom stereocenters. The SMILES string of the molecule is Cc1nn(C)c(N2CC(C)(C)OC(C)(C)C2)c1N. The first-order chi connectivity index (χ1) is 8.11. The summed E-state index contributed by atoms with van der Waals surface area (Å²) in [6.07, 6.45) is 0. The molecule has 0 spiro atoms. The van der Waals surface area contributed by atoms with Gasteiger partial charge >= 0.3 is 0 Å². The van der Waals surface area contributed by atoms with Crippen LogP contribution in [0.5, 0.6) is 0 Å². The van der Waals surface area contributed by atoms with Crippen molar-refractivity contribution in [2.75, 3.05) is 23.7 Å². The van der Waals surface area contributed by atoms with Gasteiger partial charge in [-0.05, 0) is 34.6 Å². The zero-order chi connectivity index (χ0) is 13.7. The van der Waals surface area contributed by atoms with Gasteiger partial charge in [-0.15, -0.1) is 0 Å². The quantitative estimate of drug-likeness (QED) is 0.826. The summed E-state index contributed by atoms with van der Waals surface area (Å²) in [6.45, 7) is 12.0. The fourth-order valence-corrected chi connectivity index (χ4v) is 2.97. The van der Waals surface area contributed by atoms with E-state index in [0.29, 0.717) is 0 Å². The molecule has 2 heterocycles. The third-order valence-electron chi connectivity index (χ3n) is 3.23. The van der Waals surface area contributed by atoms with Crippen LogP contribution < -0.4 is 10.6 Å². The highest BCUT2D eigenvalue weighted by Gasteiger charge is 2.39. The Balaban J connectivity index is 2.38. The number of anilines is 2. The number of hydrogen-bond acceptors (Lipinski definition) is 4. The summed E-state index contributed by atoms with van der Waals surface area (Å²) in [5.74, 6) is 0.997. The standard InChI is InChI=1S/C13H24N4O/c1-9-10(14)11(16(6)15-9)17-7-12(2,3)18-13(4,5)8-17/h7-8,14H2,1-6H3. The van der Waals surface area contributed by atoms with Gasteiger partial charge < -0.3 is 15.4 Å². The van der Waals surface area contributed by atoms with Crippen molar-refractivity contribution in [3.05, 3.63) is 5.69 Å². The molecule has 0 atom stereocenters. The van der Waals surface area contributed by atoms with Crippen LogP contribution in [-0.2, 0) is 11.8 Å². The third kappa shape index (κ3) is 2.32. The largest absolute Gasteiger partial charge is 0.394 e. The maximum atomic E-state index is 6.15. The molecule has 1 aliphatic rings. The third-order valence-corrected chi connectivity index (χ3v) is 3.23. The molecular weight excluding hydrogens is 228 g/mol. The van der Waals surface area contributed by atoms with E-state index in [1.807, 2.05) is 18.7 Å². The Morgan fingerprint density at radius 1 is 1.17 bits per heavy atom. The fraction of sp³-hybridized carbons (Fsp3) is 0.769. The lowest BCUT2D eigenvalue weighted by molar-refractivity contribution is -0.133. The number of aryl methyl sites for hydroxylation is 2. The highest BCUT2D eigenvalue weighted by atomic mass is 16.5. The zero-order valence-electron chi connectivity index (χ0n) is 12.2. The summed E-state index contributed by atoms with van der Waals surface area (Å²) >= 11 is 0. The van der Waals surface area contributed by atoms with E-state index in [1.54, 1.807) is 0 Å². The summed E-state index contributed by atoms with van der Waals surface area (Å²) in [4.78, 5) is 2.28. The van der Waals surface area contributed by atoms with Crippen LogP contribution in [-0.4, -0.2) is 34.1 Å². The summed E-state index contributed by atoms with van der Waals surface area (Å²) in [5.41, 5.74) is 7.42. The van der Waals surface area contributed by atoms with E-state index in [-0.39, 0.29) is 11.2 Å². The van der Waals surface area contributed by atoms with E-state index in [9.17, 15) is 0 Å². The second kappa shape index (κ2) is 3.88. The summed E-state index contributed by atoms with van der Waals surface area (Å²) in [5, 5.41) is 4.39. The summed E-state index contributed by atoms with van der Waals surface area (Å²) in [6, 6.07) is 0. The van der Waals surface area contributed by atoms with Crippen LogP contribution in [0.1, 0.15) is 33.4 Å². The first kappa shape index (κ1) is 13.2. The van der Waals surface area contributed by atoms with Gasteiger partial charge in [0.15, 0.2) is 5.82 Å². The van der Waals surface area contributed by atoms with Crippen LogP contribution in [0.4, 0.5) is 11.5 Å². The minimum atomic E-state index is -0.188. The van der Waals surface area contributed by atoms with E-state index in [2.05, 4.69) is 37.7 Å². The molecule has 2 rings (SSSR count). The van der Waals surface area contributed by atoms with Crippen LogP contribution >= 0.6 is 0 Å². The van der Waals surface area contributed by atoms with Gasteiger partial charge in [0, 0.05) is 20.1 Å². The number of rotatable bonds is 1. The Hall–Kier alpha value is -1.23. The average molecular weight is 252 g/mol. The molecule has 1 aliphatic heterocycles. The zero-order valence-corrected chi connectivity index (χ0v) is 12.2. The van der Waals surface area contributed by atoms with Gasteiger partial charge in [0.05, 0.1) is 22.6 Å². The molecule has 5 nitrogen and oxygen atoms in total. The van der Waals surface area contributed by atoms with Gasteiger partial charge in [0.1, 0.15) is 0 Å². The molecular formula is C13H24N4O. The molecule has 5 heteroatoms. The molecule has 0 aliphatic carbocycles. The van der Waals surface area contributed by atoms with Crippen LogP contribution in [0.15, 0.2) is 0 Å². The first-order valence-electron chi connectivity index (χ1n) is 6.35. The predicted molar refractivity (Wildman–Crippen MR) is 73.8 cm³/mol. The van der Waals surface area contributed by atoms with Crippen molar-refractivity contribution in [2.45, 2.75) is 45.8 Å². The van der Waals surface area contributed by atoms with Crippen molar-refractivity contribution < 1.29 is 4.74 Å². The molecule has 0 bridgehead atoms. The number of nitrogen functional groups attached to an aromatic ring is 1. The number of nitrogens with two attached hydrogens (primary N) is 1. The number of nitrogens with zero attached hydrogens (tertiary/aromatic N) is 3. The number of aromatic nitrogens is 2. The molecule has 18 heavy (non-hydrogen) atoms. The van der Waals surface area contributed by atoms with Gasteiger partial charge in [-0.2, -0.15) is 5.10 Å². The van der Waals surface area contributed by atoms with E-state index in [0.717, 1.165) is 30.3 Å². The number of hydrogen-bond donors (Lipinski definition) is 1. The van der Waals surface area contributed by atoms with Crippen molar-refractivity contribution in [1.29, 1.82) is 0 Å². The highest BCUT2D eigenvalue weighted by molar-refractivity contribution is 5.66. The van der Waals surface area contributed by atoms with Gasteiger partial charge in [0.25, 0.3) is 0 Å². The fourth-order valence-electron chi connectivity index (χ4n) is 2.97. The highest BCUT2D eigenvalue weighted by Crippen LogP contribution is 2.34. The van der Waals surface area contributed by atoms with E-state index >= 15 is 0 Å². The van der Waals surface area contributed by atoms with Gasteiger partial charge in [-0.3, -0.25) is 4.68 Å². The normalized spacial score (nSPS) is 22.2. The smallest absolute Gasteiger partial charge is 0.150 e. The summed E-state index contributed by atoms with van der Waals surface area (Å²) < 4.78 is 7.95. The van der Waals surface area contributed by atoms with E-state index in [1.165, 1.54) is 0 Å². The van der Waals surface area contributed by atoms with E-state index in [4.69, 9.17) is 10.5 Å². The Morgan fingerprint density at radius 3 is 2.06 bits per heavy atom. The Kier molecular flexibility index (Phi) is 2.85. The van der Waals surface area contributed by atoms with Crippen molar-refractivity contribution in [3.8, 4) is 0 Å². The molecule has 2 N–H and O–H groups in total. The van der Waals surface area contributed by atoms with Gasteiger partial charge in [-0.1, -0.05) is 0 Å². The monoisotopic (exact) mass is 252 g/mol. The molecule has 102 valence electrons. The minimum absolute atomic E-state index is 0.188. The maximum Gasteiger partial charge on any atom is 0.150 e. The molecule has 1 aromatic rings. The van der Waals surface area contributed by atoms with Crippen LogP contribution in [0.3, 0.4) is 0 Å². The molecule has 1 aromatic heterocycles. The molecule has 0 aromatic carbocycles. The number of morpholine rings is 1. The lowest BCUT2D eigenvalue weighted by Crippen LogP contribution is -2.57. The first-order valence-corrected chi connectivity index (χ1v) is 6.35. The van der Waals surface area contributed by atoms with Crippen LogP contribution in [0, 0.1) is 6.92 Å². The predicted octanol–water partition coefficient (Wildman–Crippen LogP) is 1.70. The molecule has 0 saturated carbocycles. The summed E-state index contributed by atoms with van der Waals surface area (Å²) in [7, 11) is 1.94. The second-order valence-corrected chi connectivity index (χ2v) is 6.42. The van der Waals surface area contributed by atoms with Crippen molar-refractivity contribution in [2.24, 2.45) is 7.05 Å². The van der Waals surface area contributed by atoms with Crippen molar-refractivity contribution in [3.63, 3.8) is 0 Å². The lowest BCUT2D eigenvalue weighted by atomic mass is 9.99. The van der Waals surface area contributed by atoms with Gasteiger partial charge in [-0.25, -0.2) is 0 Å². The molecule has 0 amide bonds. The van der Waals surface area contributed by atoms with Crippen molar-refractivity contribution >= 4 is 11.5 Å². The topological polar surface area (TPSA) is 56.3 Å². The maximum absolute atomic E-state index is 6.15. The van der Waals surface area contributed by atoms with Crippen molar-refractivity contribution in [1.82, 2.24) is 9.78 Å². The molecule has 1 saturated heterocycles. The van der Waals surface area contributed by atoms with E-state index < -0.39 is 0 Å². The van der Waals surface area contributed by atoms with Crippen LogP contribution in [0.25, 0.3) is 0 Å². The minimum Gasteiger partial charge on any atom is -0.394 e. The lowest BCUT2D eigenvalue weighted by Gasteiger charge is -2.47. The Labute approximate surface area is 109 Å². The average Bonchev–Trinajstić information content (AvgIpc) is 2.35. The Morgan fingerprint density at radius 2 is 1.67 bits per heavy atom. The van der Waals surface area contributed by atoms with Gasteiger partial charge in [0.2, 0.25) is 0 Å². The Bertz CT molecular complexity index is 446. The van der Waals surface area contributed by atoms with Crippen LogP contribution in [0.2, 0.25) is 0 Å². The molecule has 1 fully saturated rings. The number of ether oxygens (including phenoxy) is 1. The molecule has 0 radical (unpaired) electrons. The second-order valence-electron chi connectivity index (χ2n) is 6.42.